The van der Waals surface area contributed by atoms with Crippen molar-refractivity contribution in [1.82, 2.24) is 14.9 Å². The minimum absolute atomic E-state index is 0.0425. The molecule has 0 N–H and O–H groups in total. The van der Waals surface area contributed by atoms with Crippen LogP contribution in [0.4, 0.5) is 0 Å². The Bertz CT molecular complexity index is 1040. The zero-order valence-corrected chi connectivity index (χ0v) is 20.6. The molecule has 0 spiro atoms. The quantitative estimate of drug-likeness (QED) is 0.425. The molecule has 1 atom stereocenters. The molecule has 9 heteroatoms. The zero-order chi connectivity index (χ0) is 22.8. The Labute approximate surface area is 193 Å². The van der Waals surface area contributed by atoms with Crippen molar-refractivity contribution in [2.24, 2.45) is 0 Å². The molecule has 0 radical (unpaired) electrons. The summed E-state index contributed by atoms with van der Waals surface area (Å²) in [6.07, 6.45) is 1.85. The highest BCUT2D eigenvalue weighted by Crippen LogP contribution is 2.27. The Hall–Kier alpha value is -1.64. The van der Waals surface area contributed by atoms with Gasteiger partial charge in [-0.3, -0.25) is 4.79 Å². The number of carbonyl (C=O) groups excluding carboxylic acids is 1. The molecule has 1 aliphatic rings. The summed E-state index contributed by atoms with van der Waals surface area (Å²) in [7, 11) is -3.16. The van der Waals surface area contributed by atoms with Crippen LogP contribution in [-0.4, -0.2) is 52.0 Å². The van der Waals surface area contributed by atoms with E-state index in [4.69, 9.17) is 11.6 Å². The summed E-state index contributed by atoms with van der Waals surface area (Å²) in [6.45, 7) is 8.57. The number of rotatable bonds is 7. The van der Waals surface area contributed by atoms with Gasteiger partial charge in [-0.05, 0) is 23.5 Å². The molecule has 2 heterocycles. The van der Waals surface area contributed by atoms with Crippen LogP contribution >= 0.6 is 23.4 Å². The SMILES string of the molecule is CC(C)Sc1ncc(Cl)c(C(=O)N(Cc2ccc(C(C)C)cc2)[C@@H]2CCS(=O)(=O)C2)n1. The first kappa shape index (κ1) is 24.0. The lowest BCUT2D eigenvalue weighted by molar-refractivity contribution is 0.0674. The number of hydrogen-bond donors (Lipinski definition) is 0. The molecule has 168 valence electrons. The third-order valence-corrected chi connectivity index (χ3v) is 8.08. The molecule has 1 aromatic carbocycles. The first-order valence-corrected chi connectivity index (χ1v) is 13.4. The van der Waals surface area contributed by atoms with Crippen LogP contribution < -0.4 is 0 Å². The number of benzene rings is 1. The molecule has 3 rings (SSSR count). The molecule has 2 aromatic rings. The normalized spacial score (nSPS) is 18.0. The topological polar surface area (TPSA) is 80.2 Å². The van der Waals surface area contributed by atoms with Crippen molar-refractivity contribution in [2.75, 3.05) is 11.5 Å². The third-order valence-electron chi connectivity index (χ3n) is 5.18. The van der Waals surface area contributed by atoms with Gasteiger partial charge in [-0.25, -0.2) is 18.4 Å². The van der Waals surface area contributed by atoms with Crippen LogP contribution in [-0.2, 0) is 16.4 Å². The van der Waals surface area contributed by atoms with Crippen LogP contribution in [0.25, 0.3) is 0 Å². The van der Waals surface area contributed by atoms with Crippen molar-refractivity contribution < 1.29 is 13.2 Å². The van der Waals surface area contributed by atoms with Crippen LogP contribution in [0.2, 0.25) is 5.02 Å². The van der Waals surface area contributed by atoms with Crippen LogP contribution in [0, 0.1) is 0 Å². The van der Waals surface area contributed by atoms with E-state index in [0.29, 0.717) is 24.0 Å². The molecule has 6 nitrogen and oxygen atoms in total. The summed E-state index contributed by atoms with van der Waals surface area (Å²) in [5.41, 5.74) is 2.26. The van der Waals surface area contributed by atoms with Crippen molar-refractivity contribution in [1.29, 1.82) is 0 Å². The van der Waals surface area contributed by atoms with Gasteiger partial charge in [0.25, 0.3) is 5.91 Å². The van der Waals surface area contributed by atoms with Gasteiger partial charge in [0.05, 0.1) is 22.7 Å². The molecule has 1 fully saturated rings. The molecular weight excluding hydrogens is 454 g/mol. The number of nitrogens with zero attached hydrogens (tertiary/aromatic N) is 3. The molecule has 0 aliphatic carbocycles. The lowest BCUT2D eigenvalue weighted by Gasteiger charge is -2.28. The van der Waals surface area contributed by atoms with Gasteiger partial charge in [-0.2, -0.15) is 0 Å². The van der Waals surface area contributed by atoms with Crippen molar-refractivity contribution in [3.8, 4) is 0 Å². The minimum atomic E-state index is -3.16. The summed E-state index contributed by atoms with van der Waals surface area (Å²) < 4.78 is 24.3. The highest BCUT2D eigenvalue weighted by molar-refractivity contribution is 7.99. The lowest BCUT2D eigenvalue weighted by atomic mass is 10.0. The van der Waals surface area contributed by atoms with E-state index in [0.717, 1.165) is 5.56 Å². The first-order chi connectivity index (χ1) is 14.6. The highest BCUT2D eigenvalue weighted by Gasteiger charge is 2.36. The Balaban J connectivity index is 1.93. The second-order valence-electron chi connectivity index (χ2n) is 8.40. The highest BCUT2D eigenvalue weighted by atomic mass is 35.5. The Morgan fingerprint density at radius 1 is 1.23 bits per heavy atom. The number of thioether (sulfide) groups is 1. The molecule has 31 heavy (non-hydrogen) atoms. The Morgan fingerprint density at radius 3 is 2.45 bits per heavy atom. The van der Waals surface area contributed by atoms with Crippen LogP contribution in [0.3, 0.4) is 0 Å². The van der Waals surface area contributed by atoms with Crippen molar-refractivity contribution in [2.45, 2.75) is 63.0 Å². The molecule has 1 aromatic heterocycles. The van der Waals surface area contributed by atoms with Gasteiger partial charge < -0.3 is 4.90 Å². The fourth-order valence-corrected chi connectivity index (χ4v) is 6.08. The number of hydrogen-bond acceptors (Lipinski definition) is 6. The molecule has 0 saturated carbocycles. The van der Waals surface area contributed by atoms with E-state index < -0.39 is 15.9 Å². The summed E-state index contributed by atoms with van der Waals surface area (Å²) >= 11 is 7.74. The third kappa shape index (κ3) is 6.20. The Kier molecular flexibility index (Phi) is 7.65. The Morgan fingerprint density at radius 2 is 1.90 bits per heavy atom. The molecule has 1 saturated heterocycles. The van der Waals surface area contributed by atoms with E-state index in [2.05, 4.69) is 23.8 Å². The van der Waals surface area contributed by atoms with Gasteiger partial charge in [0.1, 0.15) is 0 Å². The maximum atomic E-state index is 13.5. The van der Waals surface area contributed by atoms with Crippen molar-refractivity contribution in [3.05, 3.63) is 52.3 Å². The van der Waals surface area contributed by atoms with Gasteiger partial charge in [-0.15, -0.1) is 0 Å². The maximum Gasteiger partial charge on any atom is 0.274 e. The van der Waals surface area contributed by atoms with Crippen molar-refractivity contribution in [3.63, 3.8) is 0 Å². The summed E-state index contributed by atoms with van der Waals surface area (Å²) in [5, 5.41) is 0.891. The number of amides is 1. The summed E-state index contributed by atoms with van der Waals surface area (Å²) in [5.74, 6) is 0.0789. The fraction of sp³-hybridized carbons (Fsp3) is 0.500. The first-order valence-electron chi connectivity index (χ1n) is 10.3. The smallest absolute Gasteiger partial charge is 0.274 e. The molecule has 1 aliphatic heterocycles. The van der Waals surface area contributed by atoms with E-state index in [1.807, 2.05) is 38.1 Å². The van der Waals surface area contributed by atoms with Crippen molar-refractivity contribution >= 4 is 39.1 Å². The average molecular weight is 482 g/mol. The zero-order valence-electron chi connectivity index (χ0n) is 18.2. The largest absolute Gasteiger partial charge is 0.329 e. The number of carbonyl (C=O) groups is 1. The lowest BCUT2D eigenvalue weighted by Crippen LogP contribution is -2.41. The van der Waals surface area contributed by atoms with E-state index in [-0.39, 0.29) is 33.4 Å². The van der Waals surface area contributed by atoms with Gasteiger partial charge in [-0.1, -0.05) is 75.3 Å². The fourth-order valence-electron chi connectivity index (χ4n) is 3.50. The predicted octanol–water partition coefficient (Wildman–Crippen LogP) is 4.58. The number of halogens is 1. The number of aromatic nitrogens is 2. The van der Waals surface area contributed by atoms with E-state index >= 15 is 0 Å². The molecule has 0 bridgehead atoms. The second kappa shape index (κ2) is 9.88. The van der Waals surface area contributed by atoms with Crippen LogP contribution in [0.5, 0.6) is 0 Å². The van der Waals surface area contributed by atoms with E-state index in [1.54, 1.807) is 4.90 Å². The standard InChI is InChI=1S/C22H28ClN3O3S2/c1-14(2)17-7-5-16(6-8-17)12-26(18-9-10-31(28,29)13-18)21(27)20-19(23)11-24-22(25-20)30-15(3)4/h5-8,11,14-15,18H,9-10,12-13H2,1-4H3/t18-/m1/s1. The van der Waals surface area contributed by atoms with Crippen LogP contribution in [0.15, 0.2) is 35.6 Å². The molecule has 0 unspecified atom stereocenters. The summed E-state index contributed by atoms with van der Waals surface area (Å²) in [4.78, 5) is 23.7. The average Bonchev–Trinajstić information content (AvgIpc) is 3.06. The molecule has 1 amide bonds. The number of sulfone groups is 1. The van der Waals surface area contributed by atoms with Crippen LogP contribution in [0.1, 0.15) is 61.6 Å². The molecular formula is C22H28ClN3O3S2. The van der Waals surface area contributed by atoms with Gasteiger partial charge in [0.2, 0.25) is 0 Å². The van der Waals surface area contributed by atoms with Gasteiger partial charge >= 0.3 is 0 Å². The summed E-state index contributed by atoms with van der Waals surface area (Å²) in [6, 6.07) is 7.66. The van der Waals surface area contributed by atoms with Gasteiger partial charge in [0.15, 0.2) is 20.7 Å². The maximum absolute atomic E-state index is 13.5. The van der Waals surface area contributed by atoms with Gasteiger partial charge in [0, 0.05) is 17.8 Å². The second-order valence-corrected chi connectivity index (χ2v) is 12.6. The minimum Gasteiger partial charge on any atom is -0.329 e. The predicted molar refractivity (Wildman–Crippen MR) is 125 cm³/mol. The van der Waals surface area contributed by atoms with E-state index in [1.165, 1.54) is 23.5 Å². The monoisotopic (exact) mass is 481 g/mol. The van der Waals surface area contributed by atoms with E-state index in [9.17, 15) is 13.2 Å².